The number of nitrogens with zero attached hydrogens (tertiary/aromatic N) is 4. The number of para-hydroxylation sites is 1. The molecule has 1 N–H and O–H groups in total. The fourth-order valence-corrected chi connectivity index (χ4v) is 2.83. The van der Waals surface area contributed by atoms with Gasteiger partial charge in [0.25, 0.3) is 11.5 Å². The third-order valence-electron chi connectivity index (χ3n) is 4.46. The minimum atomic E-state index is -0.326. The van der Waals surface area contributed by atoms with Crippen LogP contribution in [0.4, 0.5) is 0 Å². The van der Waals surface area contributed by atoms with Gasteiger partial charge in [0.15, 0.2) is 0 Å². The summed E-state index contributed by atoms with van der Waals surface area (Å²) in [7, 11) is 1.44. The van der Waals surface area contributed by atoms with E-state index in [0.717, 1.165) is 0 Å². The van der Waals surface area contributed by atoms with E-state index in [0.29, 0.717) is 12.2 Å². The molecule has 1 aromatic carbocycles. The number of benzene rings is 1. The van der Waals surface area contributed by atoms with Crippen molar-refractivity contribution in [1.29, 1.82) is 0 Å². The molecular weight excluding hydrogens is 358 g/mol. The van der Waals surface area contributed by atoms with E-state index >= 15 is 0 Å². The van der Waals surface area contributed by atoms with Crippen molar-refractivity contribution in [3.8, 4) is 11.4 Å². The molecule has 0 unspecified atom stereocenters. The zero-order valence-corrected chi connectivity index (χ0v) is 16.1. The van der Waals surface area contributed by atoms with Crippen molar-refractivity contribution in [1.82, 2.24) is 24.9 Å². The van der Waals surface area contributed by atoms with Gasteiger partial charge in [0, 0.05) is 18.0 Å². The van der Waals surface area contributed by atoms with Crippen molar-refractivity contribution < 1.29 is 9.53 Å². The third-order valence-corrected chi connectivity index (χ3v) is 4.46. The molecule has 0 aliphatic rings. The summed E-state index contributed by atoms with van der Waals surface area (Å²) in [6.07, 6.45) is 4.70. The molecule has 0 aliphatic carbocycles. The number of methoxy groups -OCH3 is 1. The molecule has 0 aliphatic heterocycles. The number of amides is 1. The Labute approximate surface area is 162 Å². The summed E-state index contributed by atoms with van der Waals surface area (Å²) in [4.78, 5) is 27.0. The van der Waals surface area contributed by atoms with Crippen LogP contribution in [0.15, 0.2) is 59.8 Å². The number of ether oxygens (including phenoxy) is 1. The maximum atomic E-state index is 13.0. The molecule has 1 atom stereocenters. The smallest absolute Gasteiger partial charge is 0.258 e. The minimum Gasteiger partial charge on any atom is -0.496 e. The fraction of sp³-hybridized carbons (Fsp3) is 0.300. The first-order valence-corrected chi connectivity index (χ1v) is 9.00. The van der Waals surface area contributed by atoms with Gasteiger partial charge >= 0.3 is 0 Å². The van der Waals surface area contributed by atoms with Crippen LogP contribution in [-0.2, 0) is 6.54 Å². The average molecular weight is 381 g/mol. The van der Waals surface area contributed by atoms with Crippen LogP contribution in [0.25, 0.3) is 5.69 Å². The second-order valence-electron chi connectivity index (χ2n) is 6.71. The first-order chi connectivity index (χ1) is 13.5. The summed E-state index contributed by atoms with van der Waals surface area (Å²) < 4.78 is 6.71. The highest BCUT2D eigenvalue weighted by Crippen LogP contribution is 2.18. The number of nitrogens with one attached hydrogen (secondary N) is 1. The molecule has 8 nitrogen and oxygen atoms in total. The van der Waals surface area contributed by atoms with Gasteiger partial charge in [0.1, 0.15) is 5.75 Å². The number of carbonyl (C=O) groups is 1. The minimum absolute atomic E-state index is 0.154. The number of aromatic nitrogens is 4. The lowest BCUT2D eigenvalue weighted by Gasteiger charge is -2.22. The van der Waals surface area contributed by atoms with Gasteiger partial charge < -0.3 is 10.1 Å². The Bertz CT molecular complexity index is 981. The Hall–Kier alpha value is -3.42. The third kappa shape index (κ3) is 4.28. The van der Waals surface area contributed by atoms with E-state index in [-0.39, 0.29) is 34.7 Å². The normalized spacial score (nSPS) is 12.0. The highest BCUT2D eigenvalue weighted by atomic mass is 16.5. The zero-order valence-electron chi connectivity index (χ0n) is 16.1. The van der Waals surface area contributed by atoms with Gasteiger partial charge in [-0.05, 0) is 18.1 Å². The van der Waals surface area contributed by atoms with Gasteiger partial charge in [-0.25, -0.2) is 0 Å². The Morgan fingerprint density at radius 2 is 1.86 bits per heavy atom. The lowest BCUT2D eigenvalue weighted by atomic mass is 10.0. The molecule has 0 bridgehead atoms. The van der Waals surface area contributed by atoms with Gasteiger partial charge in [-0.3, -0.25) is 14.2 Å². The van der Waals surface area contributed by atoms with Crippen molar-refractivity contribution >= 4 is 5.91 Å². The Morgan fingerprint density at radius 3 is 2.46 bits per heavy atom. The van der Waals surface area contributed by atoms with Gasteiger partial charge in [0.2, 0.25) is 0 Å². The van der Waals surface area contributed by atoms with Crippen molar-refractivity contribution in [2.45, 2.75) is 26.4 Å². The van der Waals surface area contributed by atoms with E-state index in [1.54, 1.807) is 24.5 Å². The highest BCUT2D eigenvalue weighted by molar-refractivity contribution is 5.96. The summed E-state index contributed by atoms with van der Waals surface area (Å²) in [6.45, 7) is 4.46. The SMILES string of the molecule is COc1cc(=O)n(-c2ccccc2)cc1C(=O)N[C@@H](Cn1nccn1)C(C)C. The van der Waals surface area contributed by atoms with E-state index in [2.05, 4.69) is 15.5 Å². The molecule has 0 saturated carbocycles. The first-order valence-electron chi connectivity index (χ1n) is 9.00. The van der Waals surface area contributed by atoms with Crippen LogP contribution in [0.3, 0.4) is 0 Å². The van der Waals surface area contributed by atoms with Crippen LogP contribution >= 0.6 is 0 Å². The van der Waals surface area contributed by atoms with Crippen molar-refractivity contribution in [3.05, 3.63) is 70.9 Å². The van der Waals surface area contributed by atoms with Gasteiger partial charge in [-0.15, -0.1) is 0 Å². The molecule has 0 radical (unpaired) electrons. The van der Waals surface area contributed by atoms with Crippen LogP contribution in [0, 0.1) is 5.92 Å². The van der Waals surface area contributed by atoms with Crippen LogP contribution in [0.1, 0.15) is 24.2 Å². The Morgan fingerprint density at radius 1 is 1.18 bits per heavy atom. The second kappa shape index (κ2) is 8.51. The summed E-state index contributed by atoms with van der Waals surface area (Å²) in [6, 6.07) is 10.3. The monoisotopic (exact) mass is 381 g/mol. The lowest BCUT2D eigenvalue weighted by Crippen LogP contribution is -2.42. The number of pyridine rings is 1. The second-order valence-corrected chi connectivity index (χ2v) is 6.71. The molecular formula is C20H23N5O3. The first kappa shape index (κ1) is 19.3. The summed E-state index contributed by atoms with van der Waals surface area (Å²) in [5.41, 5.74) is 0.677. The van der Waals surface area contributed by atoms with Crippen molar-refractivity contribution in [2.24, 2.45) is 5.92 Å². The number of hydrogen-bond acceptors (Lipinski definition) is 5. The summed E-state index contributed by atoms with van der Waals surface area (Å²) >= 11 is 0. The molecule has 3 rings (SSSR count). The standard InChI is InChI=1S/C20H23N5O3/c1-14(2)17(13-25-21-9-10-22-25)23-20(27)16-12-24(15-7-5-4-6-8-15)19(26)11-18(16)28-3/h4-12,14,17H,13H2,1-3H3,(H,23,27)/t17-/m0/s1. The summed E-state index contributed by atoms with van der Waals surface area (Å²) in [5, 5.41) is 11.2. The van der Waals surface area contributed by atoms with E-state index in [1.165, 1.54) is 28.7 Å². The molecule has 3 aromatic rings. The summed E-state index contributed by atoms with van der Waals surface area (Å²) in [5.74, 6) is 0.0581. The topological polar surface area (TPSA) is 91.0 Å². The maximum absolute atomic E-state index is 13.0. The molecule has 2 heterocycles. The zero-order chi connectivity index (χ0) is 20.1. The van der Waals surface area contributed by atoms with Crippen LogP contribution in [0.2, 0.25) is 0 Å². The molecule has 1 amide bonds. The molecule has 28 heavy (non-hydrogen) atoms. The Balaban J connectivity index is 1.92. The predicted octanol–water partition coefficient (Wildman–Crippen LogP) is 1.89. The highest BCUT2D eigenvalue weighted by Gasteiger charge is 2.22. The van der Waals surface area contributed by atoms with Crippen LogP contribution in [0.5, 0.6) is 5.75 Å². The molecule has 8 heteroatoms. The van der Waals surface area contributed by atoms with Gasteiger partial charge in [0.05, 0.1) is 37.7 Å². The molecule has 146 valence electrons. The van der Waals surface area contributed by atoms with E-state index in [9.17, 15) is 9.59 Å². The maximum Gasteiger partial charge on any atom is 0.258 e. The average Bonchev–Trinajstić information content (AvgIpc) is 3.20. The number of hydrogen-bond donors (Lipinski definition) is 1. The van der Waals surface area contributed by atoms with E-state index in [4.69, 9.17) is 4.74 Å². The predicted molar refractivity (Wildman–Crippen MR) is 105 cm³/mol. The van der Waals surface area contributed by atoms with Gasteiger partial charge in [-0.2, -0.15) is 15.0 Å². The van der Waals surface area contributed by atoms with E-state index < -0.39 is 0 Å². The lowest BCUT2D eigenvalue weighted by molar-refractivity contribution is 0.0914. The largest absolute Gasteiger partial charge is 0.496 e. The van der Waals surface area contributed by atoms with E-state index in [1.807, 2.05) is 32.0 Å². The van der Waals surface area contributed by atoms with Crippen molar-refractivity contribution in [2.75, 3.05) is 7.11 Å². The molecule has 0 spiro atoms. The Kier molecular flexibility index (Phi) is 5.88. The molecule has 0 saturated heterocycles. The number of carbonyl (C=O) groups excluding carboxylic acids is 1. The van der Waals surface area contributed by atoms with Crippen LogP contribution in [-0.4, -0.2) is 38.6 Å². The molecule has 2 aromatic heterocycles. The molecule has 0 fully saturated rings. The fourth-order valence-electron chi connectivity index (χ4n) is 2.83. The van der Waals surface area contributed by atoms with Gasteiger partial charge in [-0.1, -0.05) is 32.0 Å². The van der Waals surface area contributed by atoms with Crippen LogP contribution < -0.4 is 15.6 Å². The number of rotatable bonds is 7. The quantitative estimate of drug-likeness (QED) is 0.675. The van der Waals surface area contributed by atoms with Crippen molar-refractivity contribution in [3.63, 3.8) is 0 Å².